The van der Waals surface area contributed by atoms with Crippen LogP contribution in [0, 0.1) is 12.7 Å². The number of nitrogens with zero attached hydrogens (tertiary/aromatic N) is 1. The van der Waals surface area contributed by atoms with E-state index in [1.807, 2.05) is 30.3 Å². The molecule has 1 unspecified atom stereocenters. The molecule has 0 bridgehead atoms. The molecular formula is C28H28FNO3. The van der Waals surface area contributed by atoms with Crippen molar-refractivity contribution in [2.24, 2.45) is 0 Å². The molecule has 0 spiro atoms. The van der Waals surface area contributed by atoms with Gasteiger partial charge in [0.15, 0.2) is 0 Å². The fourth-order valence-corrected chi connectivity index (χ4v) is 4.58. The van der Waals surface area contributed by atoms with Crippen LogP contribution in [-0.2, 0) is 21.5 Å². The lowest BCUT2D eigenvalue weighted by Crippen LogP contribution is -2.49. The highest BCUT2D eigenvalue weighted by Crippen LogP contribution is 2.44. The molecule has 33 heavy (non-hydrogen) atoms. The fraction of sp³-hybridized carbons (Fsp3) is 0.250. The molecular weight excluding hydrogens is 417 g/mol. The number of hydrogen-bond donors (Lipinski definition) is 0. The Morgan fingerprint density at radius 2 is 1.82 bits per heavy atom. The summed E-state index contributed by atoms with van der Waals surface area (Å²) in [5, 5.41) is 0. The molecule has 4 rings (SSSR count). The average Bonchev–Trinajstić information content (AvgIpc) is 2.84. The molecule has 3 aromatic carbocycles. The van der Waals surface area contributed by atoms with Crippen molar-refractivity contribution >= 4 is 17.7 Å². The molecule has 1 heterocycles. The molecule has 0 N–H and O–H groups in total. The third-order valence-electron chi connectivity index (χ3n) is 6.53. The normalized spacial score (nSPS) is 17.7. The number of carbonyl (C=O) groups excluding carboxylic acids is 1. The summed E-state index contributed by atoms with van der Waals surface area (Å²) in [6, 6.07) is 19.7. The van der Waals surface area contributed by atoms with E-state index in [1.54, 1.807) is 26.2 Å². The van der Waals surface area contributed by atoms with Crippen LogP contribution in [0.4, 0.5) is 10.1 Å². The van der Waals surface area contributed by atoms with Gasteiger partial charge in [-0.25, -0.2) is 9.18 Å². The van der Waals surface area contributed by atoms with Gasteiger partial charge in [-0.2, -0.15) is 0 Å². The minimum Gasteiger partial charge on any atom is -0.497 e. The molecule has 0 saturated carbocycles. The largest absolute Gasteiger partial charge is 0.497 e. The van der Waals surface area contributed by atoms with E-state index in [0.717, 1.165) is 41.1 Å². The Kier molecular flexibility index (Phi) is 6.23. The Bertz CT molecular complexity index is 1200. The number of esters is 1. The van der Waals surface area contributed by atoms with Gasteiger partial charge >= 0.3 is 5.97 Å². The van der Waals surface area contributed by atoms with Crippen LogP contribution in [0.25, 0.3) is 6.08 Å². The third-order valence-corrected chi connectivity index (χ3v) is 6.53. The van der Waals surface area contributed by atoms with Gasteiger partial charge in [0.1, 0.15) is 11.6 Å². The number of benzene rings is 3. The zero-order chi connectivity index (χ0) is 23.6. The third kappa shape index (κ3) is 4.23. The van der Waals surface area contributed by atoms with Crippen LogP contribution < -0.4 is 9.64 Å². The fourth-order valence-electron chi connectivity index (χ4n) is 4.58. The summed E-state index contributed by atoms with van der Waals surface area (Å²) >= 11 is 0. The Morgan fingerprint density at radius 3 is 2.48 bits per heavy atom. The van der Waals surface area contributed by atoms with Crippen LogP contribution in [0.5, 0.6) is 5.75 Å². The van der Waals surface area contributed by atoms with Crippen molar-refractivity contribution in [1.82, 2.24) is 0 Å². The maximum absolute atomic E-state index is 14.5. The molecule has 170 valence electrons. The molecule has 1 aliphatic rings. The van der Waals surface area contributed by atoms with Crippen LogP contribution in [-0.4, -0.2) is 26.7 Å². The molecule has 0 saturated heterocycles. The molecule has 0 fully saturated rings. The molecule has 1 aliphatic heterocycles. The van der Waals surface area contributed by atoms with Gasteiger partial charge in [-0.05, 0) is 78.4 Å². The summed E-state index contributed by atoms with van der Waals surface area (Å²) in [4.78, 5) is 13.7. The van der Waals surface area contributed by atoms with E-state index >= 15 is 0 Å². The Hall–Kier alpha value is -3.60. The summed E-state index contributed by atoms with van der Waals surface area (Å²) in [5.74, 6) is 0.224. The number of carbonyl (C=O) groups is 1. The standard InChI is InChI=1S/C28H28FNO3/c1-19-5-11-23(18-26(19)29)30-16-15-21-17-24(32-3)12-13-25(21)28(30,2)22-9-6-20(7-10-22)8-14-27(31)33-4/h5-14,17-18H,15-16H2,1-4H3. The minimum absolute atomic E-state index is 0.210. The quantitative estimate of drug-likeness (QED) is 0.376. The number of rotatable bonds is 5. The van der Waals surface area contributed by atoms with Crippen LogP contribution in [0.3, 0.4) is 0 Å². The van der Waals surface area contributed by atoms with E-state index in [4.69, 9.17) is 4.74 Å². The molecule has 0 aromatic heterocycles. The van der Waals surface area contributed by atoms with Crippen molar-refractivity contribution in [2.75, 3.05) is 25.7 Å². The highest BCUT2D eigenvalue weighted by molar-refractivity contribution is 5.86. The Morgan fingerprint density at radius 1 is 1.06 bits per heavy atom. The van der Waals surface area contributed by atoms with Gasteiger partial charge in [0.2, 0.25) is 0 Å². The smallest absolute Gasteiger partial charge is 0.330 e. The summed E-state index contributed by atoms with van der Waals surface area (Å²) in [7, 11) is 3.03. The first-order valence-corrected chi connectivity index (χ1v) is 10.9. The summed E-state index contributed by atoms with van der Waals surface area (Å²) in [5.41, 5.74) is 5.30. The van der Waals surface area contributed by atoms with Crippen LogP contribution in [0.1, 0.15) is 34.7 Å². The molecule has 3 aromatic rings. The number of anilines is 1. The number of ether oxygens (including phenoxy) is 2. The number of hydrogen-bond acceptors (Lipinski definition) is 4. The first-order valence-electron chi connectivity index (χ1n) is 10.9. The number of halogens is 1. The average molecular weight is 446 g/mol. The first kappa shape index (κ1) is 22.6. The first-order chi connectivity index (χ1) is 15.9. The van der Waals surface area contributed by atoms with E-state index < -0.39 is 11.5 Å². The van der Waals surface area contributed by atoms with Gasteiger partial charge in [0.25, 0.3) is 0 Å². The van der Waals surface area contributed by atoms with Crippen LogP contribution in [0.15, 0.2) is 66.7 Å². The Balaban J connectivity index is 1.82. The molecule has 0 aliphatic carbocycles. The predicted octanol–water partition coefficient (Wildman–Crippen LogP) is 5.66. The SMILES string of the molecule is COC(=O)C=Cc1ccc(C2(C)c3ccc(OC)cc3CCN2c2ccc(C)c(F)c2)cc1. The zero-order valence-electron chi connectivity index (χ0n) is 19.4. The predicted molar refractivity (Wildman–Crippen MR) is 129 cm³/mol. The van der Waals surface area contributed by atoms with Gasteiger partial charge in [-0.1, -0.05) is 36.4 Å². The van der Waals surface area contributed by atoms with Gasteiger partial charge in [-0.3, -0.25) is 0 Å². The lowest BCUT2D eigenvalue weighted by atomic mass is 9.76. The van der Waals surface area contributed by atoms with Crippen LogP contribution >= 0.6 is 0 Å². The summed E-state index contributed by atoms with van der Waals surface area (Å²) in [6.45, 7) is 4.69. The topological polar surface area (TPSA) is 38.8 Å². The van der Waals surface area contributed by atoms with Crippen molar-refractivity contribution in [1.29, 1.82) is 0 Å². The van der Waals surface area contributed by atoms with E-state index in [2.05, 4.69) is 40.8 Å². The highest BCUT2D eigenvalue weighted by atomic mass is 19.1. The lowest BCUT2D eigenvalue weighted by molar-refractivity contribution is -0.134. The van der Waals surface area contributed by atoms with Crippen molar-refractivity contribution in [2.45, 2.75) is 25.8 Å². The summed E-state index contributed by atoms with van der Waals surface area (Å²) in [6.07, 6.45) is 3.96. The summed E-state index contributed by atoms with van der Waals surface area (Å²) < 4.78 is 24.7. The van der Waals surface area contributed by atoms with Crippen molar-refractivity contribution in [3.05, 3.63) is 100 Å². The van der Waals surface area contributed by atoms with E-state index in [9.17, 15) is 9.18 Å². The van der Waals surface area contributed by atoms with Gasteiger partial charge < -0.3 is 14.4 Å². The number of fused-ring (bicyclic) bond motifs is 1. The number of aryl methyl sites for hydroxylation is 1. The van der Waals surface area contributed by atoms with Gasteiger partial charge in [0.05, 0.1) is 19.8 Å². The van der Waals surface area contributed by atoms with Gasteiger partial charge in [-0.15, -0.1) is 0 Å². The molecule has 1 atom stereocenters. The van der Waals surface area contributed by atoms with E-state index in [1.165, 1.54) is 18.7 Å². The van der Waals surface area contributed by atoms with Crippen LogP contribution in [0.2, 0.25) is 0 Å². The monoisotopic (exact) mass is 445 g/mol. The van der Waals surface area contributed by atoms with Crippen molar-refractivity contribution in [3.8, 4) is 5.75 Å². The zero-order valence-corrected chi connectivity index (χ0v) is 19.4. The second kappa shape index (κ2) is 9.10. The molecule has 0 radical (unpaired) electrons. The molecule has 5 heteroatoms. The van der Waals surface area contributed by atoms with Crippen molar-refractivity contribution < 1.29 is 18.7 Å². The van der Waals surface area contributed by atoms with Gasteiger partial charge in [0, 0.05) is 18.3 Å². The minimum atomic E-state index is -0.522. The van der Waals surface area contributed by atoms with E-state index in [-0.39, 0.29) is 5.82 Å². The Labute approximate surface area is 194 Å². The second-order valence-electron chi connectivity index (χ2n) is 8.41. The van der Waals surface area contributed by atoms with E-state index in [0.29, 0.717) is 5.56 Å². The maximum Gasteiger partial charge on any atom is 0.330 e. The molecule has 4 nitrogen and oxygen atoms in total. The second-order valence-corrected chi connectivity index (χ2v) is 8.41. The lowest BCUT2D eigenvalue weighted by Gasteiger charge is -2.48. The molecule has 0 amide bonds. The highest BCUT2D eigenvalue weighted by Gasteiger charge is 2.40. The number of methoxy groups -OCH3 is 2. The van der Waals surface area contributed by atoms with Crippen molar-refractivity contribution in [3.63, 3.8) is 0 Å². The maximum atomic E-state index is 14.5.